The predicted molar refractivity (Wildman–Crippen MR) is 127 cm³/mol. The first-order chi connectivity index (χ1) is 16.7. The van der Waals surface area contributed by atoms with Crippen molar-refractivity contribution in [1.82, 2.24) is 16.0 Å². The molecular weight excluding hydrogens is 476 g/mol. The highest BCUT2D eigenvalue weighted by Crippen LogP contribution is 2.12. The Morgan fingerprint density at radius 3 is 1.89 bits per heavy atom. The summed E-state index contributed by atoms with van der Waals surface area (Å²) in [7, 11) is 0. The van der Waals surface area contributed by atoms with Gasteiger partial charge in [-0.05, 0) is 37.0 Å². The zero-order valence-corrected chi connectivity index (χ0v) is 20.3. The molecule has 9 N–H and O–H groups in total. The van der Waals surface area contributed by atoms with Crippen molar-refractivity contribution in [3.63, 3.8) is 0 Å². The molecule has 1 rings (SSSR count). The Kier molecular flexibility index (Phi) is 11.8. The molecule has 0 aromatic heterocycles. The highest BCUT2D eigenvalue weighted by atomic mass is 16.4. The van der Waals surface area contributed by atoms with Crippen LogP contribution in [-0.2, 0) is 30.4 Å². The average molecular weight is 511 g/mol. The number of nitrogens with two attached hydrogens (primary N) is 1. The Hall–Kier alpha value is -3.71. The Labute approximate surface area is 208 Å². The molecular formula is C23H34N4O9. The van der Waals surface area contributed by atoms with E-state index >= 15 is 0 Å². The Morgan fingerprint density at radius 2 is 1.42 bits per heavy atom. The van der Waals surface area contributed by atoms with Gasteiger partial charge in [0, 0.05) is 6.42 Å². The number of nitrogens with one attached hydrogen (secondary N) is 3. The number of aliphatic carboxylic acids is 2. The number of aliphatic hydroxyl groups excluding tert-OH is 1. The summed E-state index contributed by atoms with van der Waals surface area (Å²) in [5, 5.41) is 44.8. The molecule has 0 spiro atoms. The number of carboxylic acids is 2. The number of rotatable bonds is 14. The zero-order chi connectivity index (χ0) is 27.6. The van der Waals surface area contributed by atoms with Crippen molar-refractivity contribution in [3.8, 4) is 5.75 Å². The van der Waals surface area contributed by atoms with Crippen LogP contribution in [0.1, 0.15) is 39.2 Å². The molecule has 0 fully saturated rings. The lowest BCUT2D eigenvalue weighted by atomic mass is 10.0. The second-order valence-electron chi connectivity index (χ2n) is 8.89. The molecule has 1 aromatic carbocycles. The molecule has 0 aliphatic heterocycles. The molecule has 0 saturated heterocycles. The summed E-state index contributed by atoms with van der Waals surface area (Å²) in [6, 6.07) is 0.0744. The van der Waals surface area contributed by atoms with Gasteiger partial charge in [-0.25, -0.2) is 4.79 Å². The van der Waals surface area contributed by atoms with Crippen molar-refractivity contribution in [2.75, 3.05) is 0 Å². The van der Waals surface area contributed by atoms with Crippen molar-refractivity contribution >= 4 is 29.7 Å². The van der Waals surface area contributed by atoms with Crippen LogP contribution in [0.25, 0.3) is 0 Å². The standard InChI is InChI=1S/C23H34N4O9/c1-11(2)8-17(23(35)36)26-22(34)19(12(3)28)27-21(33)16(9-13-4-6-14(29)7-5-13)25-20(32)15(24)10-18(30)31/h4-7,11-12,15-17,19,28-29H,8-10,24H2,1-3H3,(H,25,32)(H,26,34)(H,27,33)(H,30,31)(H,35,36). The summed E-state index contributed by atoms with van der Waals surface area (Å²) in [5.41, 5.74) is 6.08. The van der Waals surface area contributed by atoms with Gasteiger partial charge in [-0.15, -0.1) is 0 Å². The van der Waals surface area contributed by atoms with E-state index in [2.05, 4.69) is 16.0 Å². The van der Waals surface area contributed by atoms with Crippen LogP contribution in [0.5, 0.6) is 5.75 Å². The van der Waals surface area contributed by atoms with E-state index < -0.39 is 66.4 Å². The van der Waals surface area contributed by atoms with Gasteiger partial charge in [0.05, 0.1) is 18.6 Å². The van der Waals surface area contributed by atoms with Gasteiger partial charge in [0.15, 0.2) is 0 Å². The number of aliphatic hydroxyl groups is 1. The maximum Gasteiger partial charge on any atom is 0.326 e. The molecule has 5 atom stereocenters. The number of phenolic OH excluding ortho intramolecular Hbond substituents is 1. The summed E-state index contributed by atoms with van der Waals surface area (Å²) in [6.07, 6.45) is -2.13. The number of amides is 3. The van der Waals surface area contributed by atoms with Crippen LogP contribution in [0.2, 0.25) is 0 Å². The summed E-state index contributed by atoms with van der Waals surface area (Å²) in [4.78, 5) is 60.6. The topological polar surface area (TPSA) is 228 Å². The second kappa shape index (κ2) is 14.0. The van der Waals surface area contributed by atoms with E-state index in [1.807, 2.05) is 0 Å². The lowest BCUT2D eigenvalue weighted by Crippen LogP contribution is -2.60. The molecule has 5 unspecified atom stereocenters. The molecule has 0 bridgehead atoms. The average Bonchev–Trinajstić information content (AvgIpc) is 2.76. The zero-order valence-electron chi connectivity index (χ0n) is 20.3. The van der Waals surface area contributed by atoms with Gasteiger partial charge in [-0.3, -0.25) is 19.2 Å². The number of phenols is 1. The number of carboxylic acid groups (broad SMARTS) is 2. The van der Waals surface area contributed by atoms with Crippen LogP contribution in [0.3, 0.4) is 0 Å². The fraction of sp³-hybridized carbons (Fsp3) is 0.522. The minimum absolute atomic E-state index is 0.0347. The maximum absolute atomic E-state index is 13.1. The molecule has 0 heterocycles. The molecule has 13 nitrogen and oxygen atoms in total. The van der Waals surface area contributed by atoms with Crippen LogP contribution >= 0.6 is 0 Å². The second-order valence-corrected chi connectivity index (χ2v) is 8.89. The molecule has 0 saturated carbocycles. The summed E-state index contributed by atoms with van der Waals surface area (Å²) < 4.78 is 0. The van der Waals surface area contributed by atoms with E-state index in [4.69, 9.17) is 10.8 Å². The van der Waals surface area contributed by atoms with Gasteiger partial charge < -0.3 is 42.1 Å². The quantitative estimate of drug-likeness (QED) is 0.147. The molecule has 0 aliphatic carbocycles. The normalized spacial score (nSPS) is 15.2. The minimum Gasteiger partial charge on any atom is -0.508 e. The molecule has 0 radical (unpaired) electrons. The van der Waals surface area contributed by atoms with Crippen molar-refractivity contribution in [3.05, 3.63) is 29.8 Å². The van der Waals surface area contributed by atoms with Gasteiger partial charge in [-0.1, -0.05) is 26.0 Å². The van der Waals surface area contributed by atoms with Crippen LogP contribution in [0.15, 0.2) is 24.3 Å². The number of carbonyl (C=O) groups is 5. The van der Waals surface area contributed by atoms with Crippen LogP contribution in [0, 0.1) is 5.92 Å². The molecule has 200 valence electrons. The highest BCUT2D eigenvalue weighted by Gasteiger charge is 2.33. The summed E-state index contributed by atoms with van der Waals surface area (Å²) >= 11 is 0. The van der Waals surface area contributed by atoms with E-state index in [1.165, 1.54) is 31.2 Å². The fourth-order valence-electron chi connectivity index (χ4n) is 3.25. The van der Waals surface area contributed by atoms with Crippen molar-refractivity contribution < 1.29 is 44.4 Å². The lowest BCUT2D eigenvalue weighted by molar-refractivity contribution is -0.143. The van der Waals surface area contributed by atoms with Gasteiger partial charge in [-0.2, -0.15) is 0 Å². The highest BCUT2D eigenvalue weighted by molar-refractivity contribution is 5.95. The van der Waals surface area contributed by atoms with E-state index in [0.717, 1.165) is 0 Å². The van der Waals surface area contributed by atoms with Crippen molar-refractivity contribution in [2.45, 2.75) is 70.3 Å². The number of hydrogen-bond acceptors (Lipinski definition) is 8. The molecule has 36 heavy (non-hydrogen) atoms. The lowest BCUT2D eigenvalue weighted by Gasteiger charge is -2.27. The van der Waals surface area contributed by atoms with E-state index in [1.54, 1.807) is 13.8 Å². The van der Waals surface area contributed by atoms with Crippen LogP contribution in [-0.4, -0.2) is 80.4 Å². The van der Waals surface area contributed by atoms with E-state index in [9.17, 15) is 39.3 Å². The number of hydrogen-bond donors (Lipinski definition) is 8. The third-order valence-corrected chi connectivity index (χ3v) is 5.12. The fourth-order valence-corrected chi connectivity index (χ4v) is 3.25. The Balaban J connectivity index is 3.11. The number of carbonyl (C=O) groups excluding carboxylic acids is 3. The van der Waals surface area contributed by atoms with Crippen LogP contribution < -0.4 is 21.7 Å². The smallest absolute Gasteiger partial charge is 0.326 e. The first-order valence-corrected chi connectivity index (χ1v) is 11.3. The third-order valence-electron chi connectivity index (χ3n) is 5.12. The predicted octanol–water partition coefficient (Wildman–Crippen LogP) is -1.30. The number of aromatic hydroxyl groups is 1. The Morgan fingerprint density at radius 1 is 0.861 bits per heavy atom. The molecule has 0 aliphatic rings. The van der Waals surface area contributed by atoms with Gasteiger partial charge >= 0.3 is 11.9 Å². The summed E-state index contributed by atoms with van der Waals surface area (Å²) in [6.45, 7) is 4.75. The molecule has 13 heteroatoms. The molecule has 3 amide bonds. The first kappa shape index (κ1) is 30.3. The van der Waals surface area contributed by atoms with Gasteiger partial charge in [0.1, 0.15) is 23.9 Å². The monoisotopic (exact) mass is 510 g/mol. The summed E-state index contributed by atoms with van der Waals surface area (Å²) in [5.74, 6) is -5.48. The minimum atomic E-state index is -1.56. The maximum atomic E-state index is 13.1. The Bertz CT molecular complexity index is 934. The third kappa shape index (κ3) is 10.3. The van der Waals surface area contributed by atoms with E-state index in [0.29, 0.717) is 5.56 Å². The van der Waals surface area contributed by atoms with Crippen molar-refractivity contribution in [1.29, 1.82) is 0 Å². The van der Waals surface area contributed by atoms with Gasteiger partial charge in [0.25, 0.3) is 0 Å². The van der Waals surface area contributed by atoms with Crippen LogP contribution in [0.4, 0.5) is 0 Å². The largest absolute Gasteiger partial charge is 0.508 e. The SMILES string of the molecule is CC(C)CC(NC(=O)C(NC(=O)C(Cc1ccc(O)cc1)NC(=O)C(N)CC(=O)O)C(C)O)C(=O)O. The van der Waals surface area contributed by atoms with Gasteiger partial charge in [0.2, 0.25) is 17.7 Å². The first-order valence-electron chi connectivity index (χ1n) is 11.3. The van der Waals surface area contributed by atoms with Crippen molar-refractivity contribution in [2.24, 2.45) is 11.7 Å². The van der Waals surface area contributed by atoms with E-state index in [-0.39, 0.29) is 24.5 Å². The number of benzene rings is 1. The molecule has 1 aromatic rings.